The molecular formula is C19H17N5O2S. The van der Waals surface area contributed by atoms with Crippen molar-refractivity contribution >= 4 is 22.8 Å². The zero-order valence-electron chi connectivity index (χ0n) is 14.4. The van der Waals surface area contributed by atoms with Crippen molar-refractivity contribution in [3.63, 3.8) is 0 Å². The number of aromatic nitrogens is 4. The van der Waals surface area contributed by atoms with Gasteiger partial charge in [0.15, 0.2) is 0 Å². The van der Waals surface area contributed by atoms with Gasteiger partial charge in [0.25, 0.3) is 5.56 Å². The zero-order chi connectivity index (χ0) is 18.6. The standard InChI is InChI=1S/C19H17N5O2S/c25-18(13-24-19(26)16-7-4-9-22(16)14-21-24)23(12-17-20-8-10-27-17)11-15-5-2-1-3-6-15/h1-10,14H,11-13H2. The van der Waals surface area contributed by atoms with Crippen molar-refractivity contribution in [2.75, 3.05) is 0 Å². The van der Waals surface area contributed by atoms with Crippen LogP contribution in [-0.2, 0) is 24.4 Å². The molecule has 0 bridgehead atoms. The molecule has 0 saturated carbocycles. The molecule has 0 aliphatic carbocycles. The number of carbonyl (C=O) groups is 1. The molecule has 0 fully saturated rings. The number of benzene rings is 1. The number of hydrogen-bond donors (Lipinski definition) is 0. The monoisotopic (exact) mass is 379 g/mol. The van der Waals surface area contributed by atoms with Gasteiger partial charge in [0.1, 0.15) is 23.4 Å². The van der Waals surface area contributed by atoms with E-state index in [-0.39, 0.29) is 18.0 Å². The molecule has 0 atom stereocenters. The van der Waals surface area contributed by atoms with Gasteiger partial charge >= 0.3 is 0 Å². The van der Waals surface area contributed by atoms with Crippen molar-refractivity contribution in [1.29, 1.82) is 0 Å². The second-order valence-electron chi connectivity index (χ2n) is 6.06. The molecule has 3 aromatic heterocycles. The summed E-state index contributed by atoms with van der Waals surface area (Å²) in [6.45, 7) is 0.730. The Hall–Kier alpha value is -3.26. The van der Waals surface area contributed by atoms with Gasteiger partial charge in [-0.25, -0.2) is 9.67 Å². The van der Waals surface area contributed by atoms with Gasteiger partial charge in [0.05, 0.1) is 6.54 Å². The van der Waals surface area contributed by atoms with Crippen LogP contribution in [0.3, 0.4) is 0 Å². The lowest BCUT2D eigenvalue weighted by molar-refractivity contribution is -0.133. The summed E-state index contributed by atoms with van der Waals surface area (Å²) in [5.74, 6) is -0.181. The molecular weight excluding hydrogens is 362 g/mol. The second-order valence-corrected chi connectivity index (χ2v) is 7.03. The summed E-state index contributed by atoms with van der Waals surface area (Å²) < 4.78 is 2.85. The number of nitrogens with zero attached hydrogens (tertiary/aromatic N) is 5. The average Bonchev–Trinajstić information content (AvgIpc) is 3.36. The van der Waals surface area contributed by atoms with Crippen LogP contribution >= 0.6 is 11.3 Å². The van der Waals surface area contributed by atoms with Crippen molar-refractivity contribution in [3.05, 3.63) is 87.5 Å². The molecule has 0 aliphatic heterocycles. The van der Waals surface area contributed by atoms with Crippen molar-refractivity contribution in [1.82, 2.24) is 24.1 Å². The number of fused-ring (bicyclic) bond motifs is 1. The van der Waals surface area contributed by atoms with E-state index in [1.54, 1.807) is 33.8 Å². The summed E-state index contributed by atoms with van der Waals surface area (Å²) in [6, 6.07) is 13.2. The minimum absolute atomic E-state index is 0.112. The molecule has 7 nitrogen and oxygen atoms in total. The summed E-state index contributed by atoms with van der Waals surface area (Å²) >= 11 is 1.50. The second kappa shape index (κ2) is 7.55. The first-order valence-corrected chi connectivity index (χ1v) is 9.31. The van der Waals surface area contributed by atoms with Crippen LogP contribution in [0.15, 0.2) is 71.4 Å². The fourth-order valence-corrected chi connectivity index (χ4v) is 3.48. The first-order valence-electron chi connectivity index (χ1n) is 8.43. The molecule has 3 heterocycles. The van der Waals surface area contributed by atoms with E-state index in [4.69, 9.17) is 0 Å². The number of amides is 1. The van der Waals surface area contributed by atoms with Crippen LogP contribution in [-0.4, -0.2) is 30.0 Å². The normalized spacial score (nSPS) is 11.0. The van der Waals surface area contributed by atoms with Gasteiger partial charge in [-0.1, -0.05) is 30.3 Å². The van der Waals surface area contributed by atoms with Crippen LogP contribution in [0.1, 0.15) is 10.6 Å². The predicted octanol–water partition coefficient (Wildman–Crippen LogP) is 2.18. The molecule has 1 aromatic carbocycles. The molecule has 0 spiro atoms. The first kappa shape index (κ1) is 17.2. The van der Waals surface area contributed by atoms with Crippen LogP contribution in [0, 0.1) is 0 Å². The molecule has 4 aromatic rings. The Kier molecular flexibility index (Phi) is 4.80. The van der Waals surface area contributed by atoms with E-state index in [0.29, 0.717) is 18.6 Å². The van der Waals surface area contributed by atoms with Gasteiger partial charge in [-0.2, -0.15) is 5.10 Å². The third kappa shape index (κ3) is 3.80. The zero-order valence-corrected chi connectivity index (χ0v) is 15.2. The van der Waals surface area contributed by atoms with Crippen LogP contribution in [0.4, 0.5) is 0 Å². The Morgan fingerprint density at radius 3 is 2.74 bits per heavy atom. The third-order valence-corrected chi connectivity index (χ3v) is 4.98. The van der Waals surface area contributed by atoms with E-state index in [2.05, 4.69) is 10.1 Å². The Bertz CT molecular complexity index is 1100. The average molecular weight is 379 g/mol. The summed E-state index contributed by atoms with van der Waals surface area (Å²) in [7, 11) is 0. The quantitative estimate of drug-likeness (QED) is 0.515. The topological polar surface area (TPSA) is 72.5 Å². The van der Waals surface area contributed by atoms with E-state index >= 15 is 0 Å². The third-order valence-electron chi connectivity index (χ3n) is 4.21. The highest BCUT2D eigenvalue weighted by Gasteiger charge is 2.18. The molecule has 8 heteroatoms. The molecule has 0 unspecified atom stereocenters. The number of thiazole rings is 1. The Labute approximate surface area is 159 Å². The van der Waals surface area contributed by atoms with Gasteiger partial charge in [0, 0.05) is 24.3 Å². The van der Waals surface area contributed by atoms with Crippen LogP contribution < -0.4 is 5.56 Å². The first-order chi connectivity index (χ1) is 13.2. The van der Waals surface area contributed by atoms with Crippen LogP contribution in [0.2, 0.25) is 0 Å². The highest BCUT2D eigenvalue weighted by Crippen LogP contribution is 2.13. The lowest BCUT2D eigenvalue weighted by Gasteiger charge is -2.22. The van der Waals surface area contributed by atoms with Crippen molar-refractivity contribution in [2.45, 2.75) is 19.6 Å². The largest absolute Gasteiger partial charge is 0.330 e. The fraction of sp³-hybridized carbons (Fsp3) is 0.158. The van der Waals surface area contributed by atoms with E-state index in [1.807, 2.05) is 35.7 Å². The maximum Gasteiger partial charge on any atom is 0.291 e. The Balaban J connectivity index is 1.58. The van der Waals surface area contributed by atoms with E-state index in [0.717, 1.165) is 10.6 Å². The van der Waals surface area contributed by atoms with Gasteiger partial charge in [0.2, 0.25) is 5.91 Å². The minimum atomic E-state index is -0.287. The molecule has 1 amide bonds. The summed E-state index contributed by atoms with van der Waals surface area (Å²) in [5.41, 5.74) is 1.22. The highest BCUT2D eigenvalue weighted by atomic mass is 32.1. The van der Waals surface area contributed by atoms with Crippen molar-refractivity contribution in [3.8, 4) is 0 Å². The van der Waals surface area contributed by atoms with Gasteiger partial charge in [-0.3, -0.25) is 9.59 Å². The molecule has 0 radical (unpaired) electrons. The van der Waals surface area contributed by atoms with Crippen LogP contribution in [0.5, 0.6) is 0 Å². The number of hydrogen-bond acceptors (Lipinski definition) is 5. The Morgan fingerprint density at radius 2 is 1.96 bits per heavy atom. The van der Waals surface area contributed by atoms with Crippen LogP contribution in [0.25, 0.3) is 5.52 Å². The molecule has 0 aliphatic rings. The Morgan fingerprint density at radius 1 is 1.11 bits per heavy atom. The lowest BCUT2D eigenvalue weighted by Crippen LogP contribution is -2.37. The lowest BCUT2D eigenvalue weighted by atomic mass is 10.2. The SMILES string of the molecule is O=C(Cn1ncn2cccc2c1=O)N(Cc1ccccc1)Cc1nccs1. The fourth-order valence-electron chi connectivity index (χ4n) is 2.85. The van der Waals surface area contributed by atoms with Crippen molar-refractivity contribution in [2.24, 2.45) is 0 Å². The van der Waals surface area contributed by atoms with E-state index < -0.39 is 0 Å². The van der Waals surface area contributed by atoms with E-state index in [1.165, 1.54) is 22.3 Å². The van der Waals surface area contributed by atoms with E-state index in [9.17, 15) is 9.59 Å². The molecule has 27 heavy (non-hydrogen) atoms. The summed E-state index contributed by atoms with van der Waals surface area (Å²) in [5, 5.41) is 6.84. The summed E-state index contributed by atoms with van der Waals surface area (Å²) in [4.78, 5) is 31.5. The van der Waals surface area contributed by atoms with Gasteiger partial charge < -0.3 is 9.30 Å². The van der Waals surface area contributed by atoms with Crippen molar-refractivity contribution < 1.29 is 4.79 Å². The smallest absolute Gasteiger partial charge is 0.291 e. The maximum absolute atomic E-state index is 13.0. The minimum Gasteiger partial charge on any atom is -0.330 e. The van der Waals surface area contributed by atoms with Gasteiger partial charge in [-0.15, -0.1) is 11.3 Å². The maximum atomic E-state index is 13.0. The predicted molar refractivity (Wildman–Crippen MR) is 102 cm³/mol. The molecule has 136 valence electrons. The van der Waals surface area contributed by atoms with Gasteiger partial charge in [-0.05, 0) is 17.7 Å². The summed E-state index contributed by atoms with van der Waals surface area (Å²) in [6.07, 6.45) is 5.00. The molecule has 0 saturated heterocycles. The molecule has 0 N–H and O–H groups in total. The molecule has 4 rings (SSSR count). The number of carbonyl (C=O) groups excluding carboxylic acids is 1. The highest BCUT2D eigenvalue weighted by molar-refractivity contribution is 7.09. The number of rotatable bonds is 6.